The van der Waals surface area contributed by atoms with E-state index in [9.17, 15) is 27.5 Å². The van der Waals surface area contributed by atoms with Gasteiger partial charge >= 0.3 is 5.97 Å². The molecule has 1 N–H and O–H groups in total. The van der Waals surface area contributed by atoms with Crippen LogP contribution in [0.25, 0.3) is 33.4 Å². The van der Waals surface area contributed by atoms with Crippen molar-refractivity contribution in [3.63, 3.8) is 0 Å². The minimum absolute atomic E-state index is 0.0324. The fraction of sp³-hybridized carbons (Fsp3) is 0.185. The van der Waals surface area contributed by atoms with Crippen molar-refractivity contribution in [1.29, 1.82) is 0 Å². The molecular formula is C27H24FNO6S. The van der Waals surface area contributed by atoms with Crippen LogP contribution in [0.5, 0.6) is 0 Å². The number of sulfonamides is 1. The zero-order valence-electron chi connectivity index (χ0n) is 19.9. The first-order chi connectivity index (χ1) is 17.0. The number of carboxylic acids is 1. The molecule has 3 aromatic carbocycles. The monoisotopic (exact) mass is 509 g/mol. The van der Waals surface area contributed by atoms with Crippen LogP contribution < -0.4 is 4.31 Å². The van der Waals surface area contributed by atoms with Crippen molar-refractivity contribution in [1.82, 2.24) is 0 Å². The Labute approximate surface area is 207 Å². The summed E-state index contributed by atoms with van der Waals surface area (Å²) in [4.78, 5) is 24.7. The zero-order chi connectivity index (χ0) is 26.2. The van der Waals surface area contributed by atoms with Gasteiger partial charge in [0.25, 0.3) is 0 Å². The molecule has 36 heavy (non-hydrogen) atoms. The second-order valence-corrected chi connectivity index (χ2v) is 10.2. The molecule has 1 heterocycles. The van der Waals surface area contributed by atoms with Gasteiger partial charge in [-0.1, -0.05) is 19.1 Å². The summed E-state index contributed by atoms with van der Waals surface area (Å²) in [5, 5.41) is 9.94. The van der Waals surface area contributed by atoms with Gasteiger partial charge in [-0.3, -0.25) is 9.10 Å². The number of hydrogen-bond acceptors (Lipinski definition) is 5. The third-order valence-electron chi connectivity index (χ3n) is 5.89. The Bertz CT molecular complexity index is 1590. The molecule has 0 fully saturated rings. The summed E-state index contributed by atoms with van der Waals surface area (Å²) in [5.41, 5.74) is 2.28. The van der Waals surface area contributed by atoms with Gasteiger partial charge in [0.2, 0.25) is 10.0 Å². The molecule has 0 unspecified atom stereocenters. The Morgan fingerprint density at radius 1 is 1.00 bits per heavy atom. The number of anilines is 1. The van der Waals surface area contributed by atoms with Crippen LogP contribution in [0.4, 0.5) is 10.1 Å². The summed E-state index contributed by atoms with van der Waals surface area (Å²) in [5.74, 6) is -1.52. The van der Waals surface area contributed by atoms with Crippen molar-refractivity contribution < 1.29 is 31.9 Å². The van der Waals surface area contributed by atoms with Crippen molar-refractivity contribution in [3.8, 4) is 22.5 Å². The molecule has 0 aliphatic heterocycles. The Morgan fingerprint density at radius 3 is 2.28 bits per heavy atom. The van der Waals surface area contributed by atoms with E-state index < -0.39 is 21.8 Å². The standard InChI is InChI=1S/C27H24FNO6S/c1-4-23(30)25-21-14-20(17-7-6-8-18(13-17)27(31)32)22(29(5-2)36(3,33)34)15-24(21)35-26(25)16-9-11-19(28)12-10-16/h6-15H,4-5H2,1-3H3,(H,31,32). The molecule has 186 valence electrons. The number of rotatable bonds is 8. The van der Waals surface area contributed by atoms with E-state index in [4.69, 9.17) is 4.42 Å². The number of carbonyl (C=O) groups is 2. The number of halogens is 1. The third kappa shape index (κ3) is 4.61. The summed E-state index contributed by atoms with van der Waals surface area (Å²) < 4.78 is 46.1. The Hall–Kier alpha value is -3.98. The van der Waals surface area contributed by atoms with Crippen LogP contribution in [0.2, 0.25) is 0 Å². The molecule has 0 atom stereocenters. The molecule has 0 bridgehead atoms. The number of aromatic carboxylic acids is 1. The average molecular weight is 510 g/mol. The van der Waals surface area contributed by atoms with Crippen molar-refractivity contribution in [2.45, 2.75) is 20.3 Å². The molecule has 0 radical (unpaired) electrons. The molecule has 9 heteroatoms. The fourth-order valence-electron chi connectivity index (χ4n) is 4.23. The average Bonchev–Trinajstić information content (AvgIpc) is 3.21. The van der Waals surface area contributed by atoms with E-state index in [0.717, 1.165) is 6.26 Å². The van der Waals surface area contributed by atoms with Crippen LogP contribution in [-0.4, -0.2) is 38.1 Å². The lowest BCUT2D eigenvalue weighted by atomic mass is 9.95. The van der Waals surface area contributed by atoms with E-state index in [2.05, 4.69) is 0 Å². The lowest BCUT2D eigenvalue weighted by Gasteiger charge is -2.24. The predicted molar refractivity (Wildman–Crippen MR) is 136 cm³/mol. The van der Waals surface area contributed by atoms with Gasteiger partial charge in [-0.05, 0) is 55.0 Å². The molecule has 7 nitrogen and oxygen atoms in total. The molecule has 0 amide bonds. The molecular weight excluding hydrogens is 485 g/mol. The van der Waals surface area contributed by atoms with E-state index in [0.29, 0.717) is 27.6 Å². The van der Waals surface area contributed by atoms with Gasteiger partial charge in [0.1, 0.15) is 17.2 Å². The third-order valence-corrected chi connectivity index (χ3v) is 7.15. The number of Topliss-reactive ketones (excluding diaryl/α,β-unsaturated/α-hetero) is 1. The molecule has 0 saturated heterocycles. The minimum Gasteiger partial charge on any atom is -0.478 e. The lowest BCUT2D eigenvalue weighted by Crippen LogP contribution is -2.29. The van der Waals surface area contributed by atoms with Gasteiger partial charge in [-0.2, -0.15) is 0 Å². The van der Waals surface area contributed by atoms with Crippen LogP contribution >= 0.6 is 0 Å². The van der Waals surface area contributed by atoms with E-state index in [-0.39, 0.29) is 41.3 Å². The molecule has 4 rings (SSSR count). The van der Waals surface area contributed by atoms with Gasteiger partial charge in [0.15, 0.2) is 5.78 Å². The Morgan fingerprint density at radius 2 is 1.69 bits per heavy atom. The maximum atomic E-state index is 13.6. The van der Waals surface area contributed by atoms with Crippen LogP contribution in [-0.2, 0) is 10.0 Å². The summed E-state index contributed by atoms with van der Waals surface area (Å²) in [7, 11) is -3.71. The van der Waals surface area contributed by atoms with Gasteiger partial charge in [-0.25, -0.2) is 17.6 Å². The highest BCUT2D eigenvalue weighted by Crippen LogP contribution is 2.42. The van der Waals surface area contributed by atoms with Crippen LogP contribution in [0.1, 0.15) is 41.0 Å². The van der Waals surface area contributed by atoms with Crippen LogP contribution in [0.15, 0.2) is 65.1 Å². The number of furan rings is 1. The van der Waals surface area contributed by atoms with Crippen molar-refractivity contribution in [3.05, 3.63) is 77.6 Å². The van der Waals surface area contributed by atoms with E-state index >= 15 is 0 Å². The molecule has 0 aliphatic rings. The number of hydrogen-bond donors (Lipinski definition) is 1. The maximum absolute atomic E-state index is 13.6. The predicted octanol–water partition coefficient (Wildman–Crippen LogP) is 5.98. The maximum Gasteiger partial charge on any atom is 0.335 e. The number of fused-ring (bicyclic) bond motifs is 1. The number of nitrogens with zero attached hydrogens (tertiary/aromatic N) is 1. The first kappa shape index (κ1) is 25.1. The van der Waals surface area contributed by atoms with Crippen molar-refractivity contribution in [2.24, 2.45) is 0 Å². The first-order valence-electron chi connectivity index (χ1n) is 11.3. The highest BCUT2D eigenvalue weighted by atomic mass is 32.2. The Balaban J connectivity index is 2.11. The van der Waals surface area contributed by atoms with Gasteiger partial charge in [-0.15, -0.1) is 0 Å². The van der Waals surface area contributed by atoms with Gasteiger partial charge < -0.3 is 9.52 Å². The molecule has 1 aromatic heterocycles. The number of ketones is 1. The van der Waals surface area contributed by atoms with Crippen molar-refractivity contribution >= 4 is 38.4 Å². The first-order valence-corrected chi connectivity index (χ1v) is 13.1. The lowest BCUT2D eigenvalue weighted by molar-refractivity contribution is 0.0696. The van der Waals surface area contributed by atoms with E-state index in [1.807, 2.05) is 0 Å². The molecule has 0 spiro atoms. The molecule has 0 saturated carbocycles. The second-order valence-electron chi connectivity index (χ2n) is 8.27. The van der Waals surface area contributed by atoms with Gasteiger partial charge in [0, 0.05) is 35.5 Å². The minimum atomic E-state index is -3.71. The molecule has 0 aliphatic carbocycles. The second kappa shape index (κ2) is 9.58. The fourth-order valence-corrected chi connectivity index (χ4v) is 5.21. The SMILES string of the molecule is CCC(=O)c1c(-c2ccc(F)cc2)oc2cc(N(CC)S(C)(=O)=O)c(-c3cccc(C(=O)O)c3)cc12. The highest BCUT2D eigenvalue weighted by molar-refractivity contribution is 7.92. The van der Waals surface area contributed by atoms with E-state index in [1.165, 1.54) is 40.7 Å². The number of benzene rings is 3. The normalized spacial score (nSPS) is 11.6. The zero-order valence-corrected chi connectivity index (χ0v) is 20.7. The van der Waals surface area contributed by atoms with Crippen LogP contribution in [0, 0.1) is 5.82 Å². The topological polar surface area (TPSA) is 105 Å². The van der Waals surface area contributed by atoms with E-state index in [1.54, 1.807) is 38.1 Å². The number of carbonyl (C=O) groups excluding carboxylic acids is 1. The smallest absolute Gasteiger partial charge is 0.335 e. The number of carboxylic acid groups (broad SMARTS) is 1. The van der Waals surface area contributed by atoms with Crippen LogP contribution in [0.3, 0.4) is 0 Å². The van der Waals surface area contributed by atoms with Crippen molar-refractivity contribution in [2.75, 3.05) is 17.1 Å². The summed E-state index contributed by atoms with van der Waals surface area (Å²) in [6, 6.07) is 14.9. The molecule has 4 aromatic rings. The summed E-state index contributed by atoms with van der Waals surface area (Å²) >= 11 is 0. The quantitative estimate of drug-likeness (QED) is 0.293. The Kier molecular flexibility index (Phi) is 6.69. The largest absolute Gasteiger partial charge is 0.478 e. The summed E-state index contributed by atoms with van der Waals surface area (Å²) in [6.07, 6.45) is 1.26. The summed E-state index contributed by atoms with van der Waals surface area (Å²) in [6.45, 7) is 3.51. The van der Waals surface area contributed by atoms with Gasteiger partial charge in [0.05, 0.1) is 23.1 Å². The highest BCUT2D eigenvalue weighted by Gasteiger charge is 2.26.